The molecule has 0 aliphatic heterocycles. The van der Waals surface area contributed by atoms with Crippen LogP contribution in [0.2, 0.25) is 0 Å². The molecule has 1 aliphatic carbocycles. The zero-order valence-corrected chi connectivity index (χ0v) is 8.68. The van der Waals surface area contributed by atoms with E-state index < -0.39 is 0 Å². The number of hydrogen-bond acceptors (Lipinski definition) is 4. The van der Waals surface area contributed by atoms with E-state index in [4.69, 9.17) is 0 Å². The molecule has 0 saturated heterocycles. The molecule has 1 fully saturated rings. The molecule has 0 radical (unpaired) electrons. The summed E-state index contributed by atoms with van der Waals surface area (Å²) in [5.74, 6) is 0.860. The van der Waals surface area contributed by atoms with E-state index in [0.717, 1.165) is 11.0 Å². The third kappa shape index (κ3) is 2.40. The number of nitrogens with zero attached hydrogens (tertiary/aromatic N) is 2. The van der Waals surface area contributed by atoms with E-state index in [1.165, 1.54) is 25.7 Å². The van der Waals surface area contributed by atoms with E-state index in [9.17, 15) is 0 Å². The summed E-state index contributed by atoms with van der Waals surface area (Å²) in [5, 5.41) is 12.2. The maximum Gasteiger partial charge on any atom is 0.205 e. The fourth-order valence-electron chi connectivity index (χ4n) is 1.98. The van der Waals surface area contributed by atoms with E-state index in [2.05, 4.69) is 22.4 Å². The largest absolute Gasteiger partial charge is 0.357 e. The standard InChI is InChI=1S/C9H15N3S/c1-7-3-2-4-8(5-7)11-9-12-10-6-13-9/h6-8H,2-5H2,1H3,(H,11,12). The quantitative estimate of drug-likeness (QED) is 0.791. The van der Waals surface area contributed by atoms with Crippen molar-refractivity contribution in [2.45, 2.75) is 38.6 Å². The Kier molecular flexibility index (Phi) is 2.78. The van der Waals surface area contributed by atoms with Crippen molar-refractivity contribution < 1.29 is 0 Å². The first-order valence-electron chi connectivity index (χ1n) is 4.87. The molecule has 4 heteroatoms. The Morgan fingerprint density at radius 1 is 1.54 bits per heavy atom. The van der Waals surface area contributed by atoms with Crippen molar-refractivity contribution in [1.29, 1.82) is 0 Å². The Morgan fingerprint density at radius 2 is 2.46 bits per heavy atom. The van der Waals surface area contributed by atoms with E-state index in [1.54, 1.807) is 16.8 Å². The van der Waals surface area contributed by atoms with Gasteiger partial charge < -0.3 is 5.32 Å². The second-order valence-corrected chi connectivity index (χ2v) is 4.69. The molecule has 0 amide bonds. The highest BCUT2D eigenvalue weighted by atomic mass is 32.1. The lowest BCUT2D eigenvalue weighted by Gasteiger charge is -2.26. The van der Waals surface area contributed by atoms with Gasteiger partial charge in [-0.15, -0.1) is 10.2 Å². The Labute approximate surface area is 82.6 Å². The molecule has 1 aromatic heterocycles. The fraction of sp³-hybridized carbons (Fsp3) is 0.778. The van der Waals surface area contributed by atoms with Crippen LogP contribution in [0.1, 0.15) is 32.6 Å². The van der Waals surface area contributed by atoms with Gasteiger partial charge in [0.15, 0.2) is 0 Å². The molecule has 1 saturated carbocycles. The lowest BCUT2D eigenvalue weighted by molar-refractivity contribution is 0.358. The number of rotatable bonds is 2. The van der Waals surface area contributed by atoms with Gasteiger partial charge in [-0.25, -0.2) is 0 Å². The van der Waals surface area contributed by atoms with Crippen molar-refractivity contribution in [1.82, 2.24) is 10.2 Å². The van der Waals surface area contributed by atoms with Crippen LogP contribution in [0.15, 0.2) is 5.51 Å². The molecule has 0 aromatic carbocycles. The Balaban J connectivity index is 1.87. The van der Waals surface area contributed by atoms with Crippen LogP contribution in [0.4, 0.5) is 5.13 Å². The number of aromatic nitrogens is 2. The summed E-state index contributed by atoms with van der Waals surface area (Å²) in [6, 6.07) is 0.622. The van der Waals surface area contributed by atoms with Gasteiger partial charge in [0.05, 0.1) is 0 Å². The van der Waals surface area contributed by atoms with Gasteiger partial charge >= 0.3 is 0 Å². The van der Waals surface area contributed by atoms with Gasteiger partial charge in [0.1, 0.15) is 5.51 Å². The summed E-state index contributed by atoms with van der Waals surface area (Å²) < 4.78 is 0. The molecule has 2 atom stereocenters. The van der Waals surface area contributed by atoms with Crippen LogP contribution in [0, 0.1) is 5.92 Å². The molecule has 2 unspecified atom stereocenters. The van der Waals surface area contributed by atoms with E-state index >= 15 is 0 Å². The molecule has 1 aromatic rings. The SMILES string of the molecule is CC1CCCC(Nc2nncs2)C1. The fourth-order valence-corrected chi connectivity index (χ4v) is 2.50. The number of anilines is 1. The maximum atomic E-state index is 3.99. The second kappa shape index (κ2) is 4.05. The molecule has 1 heterocycles. The molecular formula is C9H15N3S. The highest BCUT2D eigenvalue weighted by Gasteiger charge is 2.18. The van der Waals surface area contributed by atoms with Gasteiger partial charge in [-0.2, -0.15) is 0 Å². The highest BCUT2D eigenvalue weighted by molar-refractivity contribution is 7.13. The van der Waals surface area contributed by atoms with Gasteiger partial charge in [-0.05, 0) is 18.8 Å². The van der Waals surface area contributed by atoms with Gasteiger partial charge in [0.2, 0.25) is 5.13 Å². The average molecular weight is 197 g/mol. The monoisotopic (exact) mass is 197 g/mol. The molecule has 0 spiro atoms. The summed E-state index contributed by atoms with van der Waals surface area (Å²) in [6.07, 6.45) is 5.29. The lowest BCUT2D eigenvalue weighted by atomic mass is 9.87. The minimum atomic E-state index is 0.622. The summed E-state index contributed by atoms with van der Waals surface area (Å²) >= 11 is 1.58. The minimum Gasteiger partial charge on any atom is -0.357 e. The van der Waals surface area contributed by atoms with Crippen LogP contribution in [-0.4, -0.2) is 16.2 Å². The smallest absolute Gasteiger partial charge is 0.205 e. The van der Waals surface area contributed by atoms with Crippen LogP contribution >= 0.6 is 11.3 Å². The Hall–Kier alpha value is -0.640. The molecule has 1 N–H and O–H groups in total. The van der Waals surface area contributed by atoms with Crippen molar-refractivity contribution in [2.24, 2.45) is 5.92 Å². The second-order valence-electron chi connectivity index (χ2n) is 3.86. The predicted molar refractivity (Wildman–Crippen MR) is 55.0 cm³/mol. The van der Waals surface area contributed by atoms with Gasteiger partial charge in [-0.3, -0.25) is 0 Å². The van der Waals surface area contributed by atoms with Crippen molar-refractivity contribution in [3.05, 3.63) is 5.51 Å². The summed E-state index contributed by atoms with van der Waals surface area (Å²) in [5.41, 5.74) is 1.77. The number of hydrogen-bond donors (Lipinski definition) is 1. The third-order valence-electron chi connectivity index (χ3n) is 2.62. The van der Waals surface area contributed by atoms with Gasteiger partial charge in [-0.1, -0.05) is 31.1 Å². The van der Waals surface area contributed by atoms with Crippen LogP contribution in [0.5, 0.6) is 0 Å². The van der Waals surface area contributed by atoms with E-state index in [-0.39, 0.29) is 0 Å². The molecule has 3 nitrogen and oxygen atoms in total. The van der Waals surface area contributed by atoms with Crippen LogP contribution < -0.4 is 5.32 Å². The van der Waals surface area contributed by atoms with Gasteiger partial charge in [0, 0.05) is 6.04 Å². The summed E-state index contributed by atoms with van der Waals surface area (Å²) in [7, 11) is 0. The van der Waals surface area contributed by atoms with Crippen molar-refractivity contribution in [3.63, 3.8) is 0 Å². The molecule has 0 bridgehead atoms. The molecule has 13 heavy (non-hydrogen) atoms. The minimum absolute atomic E-state index is 0.622. The normalized spacial score (nSPS) is 28.7. The zero-order chi connectivity index (χ0) is 9.10. The van der Waals surface area contributed by atoms with E-state index in [0.29, 0.717) is 6.04 Å². The van der Waals surface area contributed by atoms with Crippen LogP contribution in [0.3, 0.4) is 0 Å². The summed E-state index contributed by atoms with van der Waals surface area (Å²) in [6.45, 7) is 2.33. The summed E-state index contributed by atoms with van der Waals surface area (Å²) in [4.78, 5) is 0. The highest BCUT2D eigenvalue weighted by Crippen LogP contribution is 2.26. The molecular weight excluding hydrogens is 182 g/mol. The first-order chi connectivity index (χ1) is 6.34. The average Bonchev–Trinajstić information content (AvgIpc) is 2.57. The van der Waals surface area contributed by atoms with Crippen molar-refractivity contribution in [2.75, 3.05) is 5.32 Å². The Morgan fingerprint density at radius 3 is 3.15 bits per heavy atom. The first-order valence-corrected chi connectivity index (χ1v) is 5.75. The molecule has 72 valence electrons. The van der Waals surface area contributed by atoms with Gasteiger partial charge in [0.25, 0.3) is 0 Å². The maximum absolute atomic E-state index is 3.99. The lowest BCUT2D eigenvalue weighted by Crippen LogP contribution is -2.26. The topological polar surface area (TPSA) is 37.8 Å². The first kappa shape index (κ1) is 8.94. The molecule has 1 aliphatic rings. The third-order valence-corrected chi connectivity index (χ3v) is 3.25. The van der Waals surface area contributed by atoms with Crippen LogP contribution in [-0.2, 0) is 0 Å². The molecule has 2 rings (SSSR count). The van der Waals surface area contributed by atoms with Crippen molar-refractivity contribution in [3.8, 4) is 0 Å². The zero-order valence-electron chi connectivity index (χ0n) is 7.86. The van der Waals surface area contributed by atoms with Crippen molar-refractivity contribution >= 4 is 16.5 Å². The number of nitrogens with one attached hydrogen (secondary N) is 1. The Bertz CT molecular complexity index is 247. The van der Waals surface area contributed by atoms with Crippen LogP contribution in [0.25, 0.3) is 0 Å². The van der Waals surface area contributed by atoms with E-state index in [1.807, 2.05) is 0 Å². The predicted octanol–water partition coefficient (Wildman–Crippen LogP) is 2.53.